The van der Waals surface area contributed by atoms with Crippen molar-refractivity contribution in [2.75, 3.05) is 11.9 Å². The summed E-state index contributed by atoms with van der Waals surface area (Å²) >= 11 is 9.54. The van der Waals surface area contributed by atoms with Gasteiger partial charge in [0.15, 0.2) is 0 Å². The number of likely N-dealkylation sites (N-methyl/N-ethyl adjacent to an activating group) is 1. The molecule has 1 aliphatic heterocycles. The van der Waals surface area contributed by atoms with Crippen molar-refractivity contribution in [3.63, 3.8) is 0 Å². The molecule has 4 nitrogen and oxygen atoms in total. The fourth-order valence-electron chi connectivity index (χ4n) is 2.80. The fourth-order valence-corrected chi connectivity index (χ4v) is 3.36. The standard InChI is InChI=1S/C17H14BrClN2O2/c1-20-16(22)15-8-10-4-2-3-5-14(10)21(15)17(23)12-9-11(18)6-7-13(12)19/h2-7,9,15H,8H2,1H3,(H,20,22). The van der Waals surface area contributed by atoms with Crippen molar-refractivity contribution in [3.8, 4) is 0 Å². The zero-order chi connectivity index (χ0) is 16.6. The van der Waals surface area contributed by atoms with E-state index in [1.165, 1.54) is 4.90 Å². The summed E-state index contributed by atoms with van der Waals surface area (Å²) in [6.45, 7) is 0. The summed E-state index contributed by atoms with van der Waals surface area (Å²) in [6.07, 6.45) is 0.493. The van der Waals surface area contributed by atoms with E-state index in [-0.39, 0.29) is 11.8 Å². The predicted octanol–water partition coefficient (Wildman–Crippen LogP) is 3.42. The van der Waals surface area contributed by atoms with Gasteiger partial charge in [0.1, 0.15) is 6.04 Å². The summed E-state index contributed by atoms with van der Waals surface area (Å²) in [6, 6.07) is 12.1. The summed E-state index contributed by atoms with van der Waals surface area (Å²) in [7, 11) is 1.57. The van der Waals surface area contributed by atoms with Crippen LogP contribution in [0.3, 0.4) is 0 Å². The number of carbonyl (C=O) groups is 2. The summed E-state index contributed by atoms with van der Waals surface area (Å²) in [5.74, 6) is -0.476. The highest BCUT2D eigenvalue weighted by Crippen LogP contribution is 2.35. The number of fused-ring (bicyclic) bond motifs is 1. The van der Waals surface area contributed by atoms with E-state index >= 15 is 0 Å². The molecular formula is C17H14BrClN2O2. The smallest absolute Gasteiger partial charge is 0.260 e. The van der Waals surface area contributed by atoms with Gasteiger partial charge in [-0.25, -0.2) is 0 Å². The Bertz CT molecular complexity index is 794. The van der Waals surface area contributed by atoms with Gasteiger partial charge < -0.3 is 5.32 Å². The Morgan fingerprint density at radius 1 is 1.26 bits per heavy atom. The van der Waals surface area contributed by atoms with E-state index in [1.54, 1.807) is 25.2 Å². The second kappa shape index (κ2) is 6.34. The minimum Gasteiger partial charge on any atom is -0.357 e. The molecule has 1 N–H and O–H groups in total. The molecule has 0 radical (unpaired) electrons. The third-order valence-corrected chi connectivity index (χ3v) is 4.73. The monoisotopic (exact) mass is 392 g/mol. The van der Waals surface area contributed by atoms with Crippen LogP contribution in [-0.2, 0) is 11.2 Å². The van der Waals surface area contributed by atoms with Crippen LogP contribution in [0.15, 0.2) is 46.9 Å². The summed E-state index contributed by atoms with van der Waals surface area (Å²) in [5, 5.41) is 2.99. The zero-order valence-corrected chi connectivity index (χ0v) is 14.7. The van der Waals surface area contributed by atoms with Gasteiger partial charge in [0.25, 0.3) is 5.91 Å². The molecular weight excluding hydrogens is 380 g/mol. The average Bonchev–Trinajstić information content (AvgIpc) is 2.95. The van der Waals surface area contributed by atoms with Gasteiger partial charge in [-0.15, -0.1) is 0 Å². The number of nitrogens with zero attached hydrogens (tertiary/aromatic N) is 1. The van der Waals surface area contributed by atoms with Crippen LogP contribution in [0.5, 0.6) is 0 Å². The summed E-state index contributed by atoms with van der Waals surface area (Å²) < 4.78 is 0.759. The molecule has 23 heavy (non-hydrogen) atoms. The van der Waals surface area contributed by atoms with Crippen molar-refractivity contribution < 1.29 is 9.59 Å². The number of carbonyl (C=O) groups excluding carboxylic acids is 2. The molecule has 1 unspecified atom stereocenters. The Morgan fingerprint density at radius 2 is 2.00 bits per heavy atom. The number of amides is 2. The van der Waals surface area contributed by atoms with Gasteiger partial charge in [0.2, 0.25) is 5.91 Å². The van der Waals surface area contributed by atoms with Crippen LogP contribution < -0.4 is 10.2 Å². The highest BCUT2D eigenvalue weighted by molar-refractivity contribution is 9.10. The Morgan fingerprint density at radius 3 is 2.74 bits per heavy atom. The van der Waals surface area contributed by atoms with Gasteiger partial charge in [-0.2, -0.15) is 0 Å². The van der Waals surface area contributed by atoms with E-state index in [1.807, 2.05) is 24.3 Å². The number of halogens is 2. The Labute approximate surface area is 147 Å². The van der Waals surface area contributed by atoms with Crippen molar-refractivity contribution in [2.45, 2.75) is 12.5 Å². The van der Waals surface area contributed by atoms with E-state index < -0.39 is 6.04 Å². The normalized spacial score (nSPS) is 16.1. The second-order valence-electron chi connectivity index (χ2n) is 5.26. The molecule has 0 fully saturated rings. The lowest BCUT2D eigenvalue weighted by Crippen LogP contribution is -2.47. The molecule has 2 aromatic rings. The van der Waals surface area contributed by atoms with Gasteiger partial charge in [-0.1, -0.05) is 45.7 Å². The van der Waals surface area contributed by atoms with Crippen molar-refractivity contribution in [3.05, 3.63) is 63.1 Å². The number of anilines is 1. The molecule has 118 valence electrons. The van der Waals surface area contributed by atoms with Crippen LogP contribution in [0.25, 0.3) is 0 Å². The Balaban J connectivity index is 2.08. The van der Waals surface area contributed by atoms with E-state index in [0.29, 0.717) is 17.0 Å². The maximum absolute atomic E-state index is 13.1. The van der Waals surface area contributed by atoms with E-state index in [9.17, 15) is 9.59 Å². The number of hydrogen-bond donors (Lipinski definition) is 1. The van der Waals surface area contributed by atoms with E-state index in [4.69, 9.17) is 11.6 Å². The maximum Gasteiger partial charge on any atom is 0.260 e. The number of rotatable bonds is 2. The number of para-hydroxylation sites is 1. The highest BCUT2D eigenvalue weighted by atomic mass is 79.9. The lowest BCUT2D eigenvalue weighted by Gasteiger charge is -2.25. The Hall–Kier alpha value is -1.85. The first-order valence-corrected chi connectivity index (χ1v) is 8.28. The molecule has 6 heteroatoms. The number of hydrogen-bond acceptors (Lipinski definition) is 2. The van der Waals surface area contributed by atoms with Crippen molar-refractivity contribution in [2.24, 2.45) is 0 Å². The minimum atomic E-state index is -0.569. The first kappa shape index (κ1) is 16.0. The summed E-state index contributed by atoms with van der Waals surface area (Å²) in [4.78, 5) is 26.8. The SMILES string of the molecule is CNC(=O)C1Cc2ccccc2N1C(=O)c1cc(Br)ccc1Cl. The number of benzene rings is 2. The van der Waals surface area contributed by atoms with Crippen LogP contribution in [0.4, 0.5) is 5.69 Å². The highest BCUT2D eigenvalue weighted by Gasteiger charge is 2.38. The van der Waals surface area contributed by atoms with Crippen molar-refractivity contribution in [1.82, 2.24) is 5.32 Å². The maximum atomic E-state index is 13.1. The molecule has 2 aromatic carbocycles. The van der Waals surface area contributed by atoms with Crippen LogP contribution in [-0.4, -0.2) is 24.9 Å². The van der Waals surface area contributed by atoms with Crippen LogP contribution in [0, 0.1) is 0 Å². The van der Waals surface area contributed by atoms with Crippen molar-refractivity contribution >= 4 is 45.0 Å². The van der Waals surface area contributed by atoms with Gasteiger partial charge in [-0.05, 0) is 29.8 Å². The lowest BCUT2D eigenvalue weighted by atomic mass is 10.1. The molecule has 0 saturated heterocycles. The van der Waals surface area contributed by atoms with E-state index in [0.717, 1.165) is 15.7 Å². The van der Waals surface area contributed by atoms with Gasteiger partial charge >= 0.3 is 0 Å². The molecule has 0 aliphatic carbocycles. The van der Waals surface area contributed by atoms with E-state index in [2.05, 4.69) is 21.2 Å². The molecule has 0 spiro atoms. The molecule has 1 aliphatic rings. The molecule has 1 atom stereocenters. The largest absolute Gasteiger partial charge is 0.357 e. The predicted molar refractivity (Wildman–Crippen MR) is 94.0 cm³/mol. The minimum absolute atomic E-state index is 0.194. The van der Waals surface area contributed by atoms with Crippen LogP contribution in [0.1, 0.15) is 15.9 Å². The first-order chi connectivity index (χ1) is 11.0. The van der Waals surface area contributed by atoms with Gasteiger partial charge in [0, 0.05) is 23.6 Å². The molecule has 0 saturated carbocycles. The van der Waals surface area contributed by atoms with Crippen LogP contribution in [0.2, 0.25) is 5.02 Å². The number of nitrogens with one attached hydrogen (secondary N) is 1. The Kier molecular flexibility index (Phi) is 4.41. The zero-order valence-electron chi connectivity index (χ0n) is 12.3. The van der Waals surface area contributed by atoms with Gasteiger partial charge in [0.05, 0.1) is 10.6 Å². The average molecular weight is 394 g/mol. The fraction of sp³-hybridized carbons (Fsp3) is 0.176. The molecule has 0 aromatic heterocycles. The van der Waals surface area contributed by atoms with Crippen LogP contribution >= 0.6 is 27.5 Å². The molecule has 3 rings (SSSR count). The summed E-state index contributed by atoms with van der Waals surface area (Å²) in [5.41, 5.74) is 2.09. The topological polar surface area (TPSA) is 49.4 Å². The third kappa shape index (κ3) is 2.86. The first-order valence-electron chi connectivity index (χ1n) is 7.11. The second-order valence-corrected chi connectivity index (χ2v) is 6.59. The molecule has 1 heterocycles. The lowest BCUT2D eigenvalue weighted by molar-refractivity contribution is -0.121. The molecule has 0 bridgehead atoms. The quantitative estimate of drug-likeness (QED) is 0.850. The molecule has 2 amide bonds. The third-order valence-electron chi connectivity index (χ3n) is 3.90. The van der Waals surface area contributed by atoms with Crippen molar-refractivity contribution in [1.29, 1.82) is 0 Å². The van der Waals surface area contributed by atoms with Gasteiger partial charge in [-0.3, -0.25) is 14.5 Å².